The second-order valence-electron chi connectivity index (χ2n) is 3.79. The summed E-state index contributed by atoms with van der Waals surface area (Å²) in [6, 6.07) is 10.3. The molecule has 18 heavy (non-hydrogen) atoms. The summed E-state index contributed by atoms with van der Waals surface area (Å²) in [5.74, 6) is 0. The average molecular weight is 241 g/mol. The lowest BCUT2D eigenvalue weighted by Gasteiger charge is -2.05. The summed E-state index contributed by atoms with van der Waals surface area (Å²) in [5, 5.41) is 11.4. The summed E-state index contributed by atoms with van der Waals surface area (Å²) in [7, 11) is 0. The summed E-state index contributed by atoms with van der Waals surface area (Å²) < 4.78 is 5.04. The zero-order valence-corrected chi connectivity index (χ0v) is 9.50. The minimum absolute atomic E-state index is 0.0496. The van der Waals surface area contributed by atoms with E-state index in [2.05, 4.69) is 20.5 Å². The van der Waals surface area contributed by atoms with Crippen molar-refractivity contribution in [3.05, 3.63) is 42.1 Å². The van der Waals surface area contributed by atoms with Crippen LogP contribution in [0.15, 0.2) is 40.9 Å². The fraction of sp³-hybridized carbons (Fsp3) is 0.0833. The summed E-state index contributed by atoms with van der Waals surface area (Å²) in [6.07, 6.45) is 1.77. The summed E-state index contributed by atoms with van der Waals surface area (Å²) in [6.45, 7) is 0.552. The SMILES string of the molecule is Nc1nnc(NCc2cccc3cccnc23)o1. The van der Waals surface area contributed by atoms with Crippen molar-refractivity contribution in [3.63, 3.8) is 0 Å². The van der Waals surface area contributed by atoms with Crippen LogP contribution in [0.25, 0.3) is 10.9 Å². The number of hydrogen-bond donors (Lipinski definition) is 2. The van der Waals surface area contributed by atoms with Crippen LogP contribution in [0.2, 0.25) is 0 Å². The van der Waals surface area contributed by atoms with Crippen LogP contribution in [0.1, 0.15) is 5.56 Å². The Kier molecular flexibility index (Phi) is 2.53. The molecule has 0 spiro atoms. The van der Waals surface area contributed by atoms with Crippen molar-refractivity contribution in [2.45, 2.75) is 6.54 Å². The molecule has 0 fully saturated rings. The molecule has 0 aliphatic carbocycles. The lowest BCUT2D eigenvalue weighted by atomic mass is 10.1. The van der Waals surface area contributed by atoms with Gasteiger partial charge in [0.1, 0.15) is 0 Å². The van der Waals surface area contributed by atoms with Crippen molar-refractivity contribution in [3.8, 4) is 0 Å². The van der Waals surface area contributed by atoms with Crippen molar-refractivity contribution < 1.29 is 4.42 Å². The van der Waals surface area contributed by atoms with Crippen LogP contribution in [0.5, 0.6) is 0 Å². The van der Waals surface area contributed by atoms with Gasteiger partial charge in [0, 0.05) is 18.1 Å². The Bertz CT molecular complexity index is 674. The van der Waals surface area contributed by atoms with E-state index in [1.165, 1.54) is 0 Å². The number of fused-ring (bicyclic) bond motifs is 1. The molecule has 0 amide bonds. The largest absolute Gasteiger partial charge is 0.390 e. The molecule has 1 aromatic carbocycles. The smallest absolute Gasteiger partial charge is 0.317 e. The van der Waals surface area contributed by atoms with Gasteiger partial charge in [0.05, 0.1) is 5.52 Å². The molecule has 3 aromatic rings. The number of aromatic nitrogens is 3. The van der Waals surface area contributed by atoms with Crippen molar-refractivity contribution in [2.75, 3.05) is 11.1 Å². The lowest BCUT2D eigenvalue weighted by Crippen LogP contribution is -2.01. The van der Waals surface area contributed by atoms with Crippen molar-refractivity contribution in [1.29, 1.82) is 0 Å². The second-order valence-corrected chi connectivity index (χ2v) is 3.79. The topological polar surface area (TPSA) is 89.9 Å². The Balaban J connectivity index is 1.86. The molecule has 2 aromatic heterocycles. The van der Waals surface area contributed by atoms with Gasteiger partial charge < -0.3 is 15.5 Å². The highest BCUT2D eigenvalue weighted by Gasteiger charge is 2.04. The monoisotopic (exact) mass is 241 g/mol. The maximum absolute atomic E-state index is 5.35. The van der Waals surface area contributed by atoms with Crippen molar-refractivity contribution in [2.24, 2.45) is 0 Å². The third kappa shape index (κ3) is 1.95. The maximum atomic E-state index is 5.35. The molecule has 90 valence electrons. The highest BCUT2D eigenvalue weighted by Crippen LogP contribution is 2.17. The van der Waals surface area contributed by atoms with Gasteiger partial charge in [-0.25, -0.2) is 0 Å². The van der Waals surface area contributed by atoms with Crippen LogP contribution in [0.3, 0.4) is 0 Å². The van der Waals surface area contributed by atoms with E-state index in [9.17, 15) is 0 Å². The lowest BCUT2D eigenvalue weighted by molar-refractivity contribution is 0.586. The summed E-state index contributed by atoms with van der Waals surface area (Å²) in [5.41, 5.74) is 7.36. The van der Waals surface area contributed by atoms with Gasteiger partial charge in [-0.15, -0.1) is 0 Å². The van der Waals surface area contributed by atoms with E-state index in [-0.39, 0.29) is 6.01 Å². The Morgan fingerprint density at radius 1 is 1.17 bits per heavy atom. The molecule has 0 saturated carbocycles. The zero-order chi connectivity index (χ0) is 12.4. The fourth-order valence-corrected chi connectivity index (χ4v) is 1.79. The number of nitrogen functional groups attached to an aromatic ring is 1. The number of nitrogens with one attached hydrogen (secondary N) is 1. The van der Waals surface area contributed by atoms with Gasteiger partial charge in [-0.05, 0) is 11.6 Å². The molecule has 0 atom stereocenters. The standard InChI is InChI=1S/C12H11N5O/c13-11-16-17-12(18-11)15-7-9-4-1-3-8-5-2-6-14-10(8)9/h1-6H,7H2,(H2,13,16)(H,15,17). The van der Waals surface area contributed by atoms with E-state index in [1.807, 2.05) is 30.3 Å². The molecule has 3 N–H and O–H groups in total. The van der Waals surface area contributed by atoms with E-state index < -0.39 is 0 Å². The van der Waals surface area contributed by atoms with Gasteiger partial charge in [0.2, 0.25) is 0 Å². The quantitative estimate of drug-likeness (QED) is 0.726. The average Bonchev–Trinajstić information content (AvgIpc) is 2.82. The first-order valence-electron chi connectivity index (χ1n) is 5.48. The molecule has 0 unspecified atom stereocenters. The van der Waals surface area contributed by atoms with Gasteiger partial charge in [-0.1, -0.05) is 34.5 Å². The molecule has 0 saturated heterocycles. The first-order chi connectivity index (χ1) is 8.83. The number of benzene rings is 1. The molecular formula is C12H11N5O. The van der Waals surface area contributed by atoms with Gasteiger partial charge in [-0.2, -0.15) is 0 Å². The number of nitrogens with zero attached hydrogens (tertiary/aromatic N) is 3. The Labute approximate surface area is 103 Å². The first kappa shape index (κ1) is 10.5. The summed E-state index contributed by atoms with van der Waals surface area (Å²) >= 11 is 0. The fourth-order valence-electron chi connectivity index (χ4n) is 1.79. The molecule has 3 rings (SSSR count). The van der Waals surface area contributed by atoms with E-state index in [0.717, 1.165) is 16.5 Å². The molecule has 0 aliphatic rings. The van der Waals surface area contributed by atoms with Crippen LogP contribution in [-0.4, -0.2) is 15.2 Å². The predicted molar refractivity (Wildman–Crippen MR) is 67.8 cm³/mol. The number of anilines is 2. The van der Waals surface area contributed by atoms with Gasteiger partial charge in [0.25, 0.3) is 0 Å². The Morgan fingerprint density at radius 3 is 2.89 bits per heavy atom. The molecule has 0 radical (unpaired) electrons. The van der Waals surface area contributed by atoms with Crippen LogP contribution in [0, 0.1) is 0 Å². The Morgan fingerprint density at radius 2 is 2.06 bits per heavy atom. The number of hydrogen-bond acceptors (Lipinski definition) is 6. The van der Waals surface area contributed by atoms with Gasteiger partial charge >= 0.3 is 12.0 Å². The molecule has 0 bridgehead atoms. The number of pyridine rings is 1. The number of rotatable bonds is 3. The molecular weight excluding hydrogens is 230 g/mol. The van der Waals surface area contributed by atoms with E-state index in [4.69, 9.17) is 10.2 Å². The third-order valence-electron chi connectivity index (χ3n) is 2.59. The Hall–Kier alpha value is -2.63. The van der Waals surface area contributed by atoms with Crippen LogP contribution in [-0.2, 0) is 6.54 Å². The number of nitrogens with two attached hydrogens (primary N) is 1. The van der Waals surface area contributed by atoms with Crippen molar-refractivity contribution in [1.82, 2.24) is 15.2 Å². The molecule has 0 aliphatic heterocycles. The highest BCUT2D eigenvalue weighted by molar-refractivity contribution is 5.81. The zero-order valence-electron chi connectivity index (χ0n) is 9.50. The molecule has 6 nitrogen and oxygen atoms in total. The van der Waals surface area contributed by atoms with Crippen LogP contribution in [0.4, 0.5) is 12.0 Å². The van der Waals surface area contributed by atoms with Gasteiger partial charge in [-0.3, -0.25) is 4.98 Å². The summed E-state index contributed by atoms with van der Waals surface area (Å²) in [4.78, 5) is 4.37. The van der Waals surface area contributed by atoms with Crippen molar-refractivity contribution >= 4 is 22.9 Å². The maximum Gasteiger partial charge on any atom is 0.317 e. The molecule has 6 heteroatoms. The van der Waals surface area contributed by atoms with E-state index in [0.29, 0.717) is 12.6 Å². The van der Waals surface area contributed by atoms with Gasteiger partial charge in [0.15, 0.2) is 0 Å². The van der Waals surface area contributed by atoms with E-state index >= 15 is 0 Å². The normalized spacial score (nSPS) is 10.7. The van der Waals surface area contributed by atoms with Crippen LogP contribution < -0.4 is 11.1 Å². The van der Waals surface area contributed by atoms with Crippen LogP contribution >= 0.6 is 0 Å². The van der Waals surface area contributed by atoms with E-state index in [1.54, 1.807) is 6.20 Å². The first-order valence-corrected chi connectivity index (χ1v) is 5.48. The highest BCUT2D eigenvalue weighted by atomic mass is 16.4. The second kappa shape index (κ2) is 4.33. The molecule has 2 heterocycles. The predicted octanol–water partition coefficient (Wildman–Crippen LogP) is 1.81. The third-order valence-corrected chi connectivity index (χ3v) is 2.59. The minimum atomic E-state index is 0.0496. The number of para-hydroxylation sites is 1. The minimum Gasteiger partial charge on any atom is -0.390 e.